The molecule has 22 heavy (non-hydrogen) atoms. The Morgan fingerprint density at radius 1 is 1.41 bits per heavy atom. The highest BCUT2D eigenvalue weighted by atomic mass is 32.3. The number of nitrogens with one attached hydrogen (secondary N) is 1. The van der Waals surface area contributed by atoms with Crippen LogP contribution in [0.2, 0.25) is 0 Å². The van der Waals surface area contributed by atoms with Crippen molar-refractivity contribution in [1.29, 1.82) is 5.41 Å². The smallest absolute Gasteiger partial charge is 0.182 e. The Morgan fingerprint density at radius 2 is 2.14 bits per heavy atom. The highest BCUT2D eigenvalue weighted by Crippen LogP contribution is 2.44. The van der Waals surface area contributed by atoms with E-state index in [1.807, 2.05) is 18.2 Å². The number of methoxy groups -OCH3 is 1. The lowest BCUT2D eigenvalue weighted by Gasteiger charge is -2.39. The molecule has 1 aromatic carbocycles. The van der Waals surface area contributed by atoms with Gasteiger partial charge in [0.25, 0.3) is 0 Å². The summed E-state index contributed by atoms with van der Waals surface area (Å²) in [5.74, 6) is -0.0964. The van der Waals surface area contributed by atoms with Crippen molar-refractivity contribution in [2.45, 2.75) is 26.2 Å². The highest BCUT2D eigenvalue weighted by molar-refractivity contribution is 8.25. The molecule has 1 fully saturated rings. The summed E-state index contributed by atoms with van der Waals surface area (Å²) in [5, 5.41) is 7.65. The van der Waals surface area contributed by atoms with Gasteiger partial charge in [-0.1, -0.05) is 25.5 Å². The van der Waals surface area contributed by atoms with Crippen LogP contribution in [-0.4, -0.2) is 39.2 Å². The normalized spacial score (nSPS) is 22.5. The molecule has 1 saturated heterocycles. The minimum absolute atomic E-state index is 0.0589. The molecule has 0 aliphatic carbocycles. The van der Waals surface area contributed by atoms with Crippen molar-refractivity contribution in [3.63, 3.8) is 0 Å². The molecule has 2 rings (SSSR count). The van der Waals surface area contributed by atoms with E-state index in [4.69, 9.17) is 10.1 Å². The molecule has 1 heterocycles. The van der Waals surface area contributed by atoms with Gasteiger partial charge in [0.15, 0.2) is 5.78 Å². The van der Waals surface area contributed by atoms with Gasteiger partial charge in [-0.05, 0) is 30.0 Å². The van der Waals surface area contributed by atoms with Crippen LogP contribution in [0.25, 0.3) is 0 Å². The molecule has 1 atom stereocenters. The van der Waals surface area contributed by atoms with Crippen molar-refractivity contribution in [3.05, 3.63) is 29.3 Å². The second-order valence-corrected chi connectivity index (χ2v) is 7.98. The van der Waals surface area contributed by atoms with Crippen LogP contribution in [0.1, 0.15) is 24.5 Å². The number of ether oxygens (including phenoxy) is 1. The zero-order valence-corrected chi connectivity index (χ0v) is 13.8. The van der Waals surface area contributed by atoms with Crippen LogP contribution in [0, 0.1) is 11.3 Å². The number of carbonyl (C=O) groups excluding carboxylic acids is 1. The van der Waals surface area contributed by atoms with Crippen LogP contribution in [0.4, 0.5) is 0 Å². The Bertz CT molecular complexity index is 586. The summed E-state index contributed by atoms with van der Waals surface area (Å²) in [6, 6.07) is 5.80. The van der Waals surface area contributed by atoms with Gasteiger partial charge >= 0.3 is 0 Å². The lowest BCUT2D eigenvalue weighted by atomic mass is 9.93. The molecule has 0 saturated carbocycles. The first-order valence-electron chi connectivity index (χ1n) is 7.37. The number of rotatable bonds is 5. The standard InChI is InChI=1S/C16H23NO4S/c1-3-4-12-7-11(5-6-15(12)21-2)8-13-9-22(19,20)10-14(17)16(13)18/h5-7,13,17,19-20H,3-4,8-10H2,1-2H3/t13-/m1/s1. The van der Waals surface area contributed by atoms with Crippen LogP contribution in [0.15, 0.2) is 18.2 Å². The quantitative estimate of drug-likeness (QED) is 0.775. The Morgan fingerprint density at radius 3 is 2.77 bits per heavy atom. The first-order valence-corrected chi connectivity index (χ1v) is 9.25. The molecule has 1 aliphatic heterocycles. The summed E-state index contributed by atoms with van der Waals surface area (Å²) in [4.78, 5) is 12.1. The van der Waals surface area contributed by atoms with Crippen molar-refractivity contribution >= 4 is 22.1 Å². The number of Topliss-reactive ketones (excluding diaryl/α,β-unsaturated/α-hetero) is 1. The Balaban J connectivity index is 2.20. The second-order valence-electron chi connectivity index (χ2n) is 5.75. The fourth-order valence-electron chi connectivity index (χ4n) is 2.87. The molecule has 6 heteroatoms. The van der Waals surface area contributed by atoms with Gasteiger partial charge < -0.3 is 4.74 Å². The lowest BCUT2D eigenvalue weighted by molar-refractivity contribution is -0.116. The largest absolute Gasteiger partial charge is 0.496 e. The van der Waals surface area contributed by atoms with Crippen LogP contribution in [0.5, 0.6) is 5.75 Å². The minimum Gasteiger partial charge on any atom is -0.496 e. The summed E-state index contributed by atoms with van der Waals surface area (Å²) in [5.41, 5.74) is 1.89. The Kier molecular flexibility index (Phi) is 5.26. The third-order valence-corrected chi connectivity index (χ3v) is 5.55. The molecule has 0 amide bonds. The third kappa shape index (κ3) is 3.88. The molecule has 0 bridgehead atoms. The maximum absolute atomic E-state index is 12.1. The van der Waals surface area contributed by atoms with Gasteiger partial charge in [-0.15, -0.1) is 0 Å². The first-order chi connectivity index (χ1) is 10.4. The SMILES string of the molecule is CCCc1cc(C[C@@H]2CS(O)(O)CC(=N)C2=O)ccc1OC. The molecule has 0 spiro atoms. The van der Waals surface area contributed by atoms with Gasteiger partial charge in [-0.3, -0.25) is 19.3 Å². The molecule has 3 N–H and O–H groups in total. The predicted octanol–water partition coefficient (Wildman–Crippen LogP) is 3.16. The average molecular weight is 325 g/mol. The number of benzene rings is 1. The summed E-state index contributed by atoms with van der Waals surface area (Å²) in [7, 11) is -1.20. The Labute approximate surface area is 132 Å². The van der Waals surface area contributed by atoms with E-state index in [1.54, 1.807) is 7.11 Å². The molecule has 1 aromatic rings. The minimum atomic E-state index is -2.84. The fourth-order valence-corrected chi connectivity index (χ4v) is 4.50. The van der Waals surface area contributed by atoms with Crippen LogP contribution >= 0.6 is 10.6 Å². The summed E-state index contributed by atoms with van der Waals surface area (Å²) in [6.07, 6.45) is 2.31. The zero-order chi connectivity index (χ0) is 16.3. The molecule has 5 nitrogen and oxygen atoms in total. The fraction of sp³-hybridized carbons (Fsp3) is 0.500. The van der Waals surface area contributed by atoms with E-state index in [-0.39, 0.29) is 23.0 Å². The van der Waals surface area contributed by atoms with E-state index < -0.39 is 16.5 Å². The van der Waals surface area contributed by atoms with Gasteiger partial charge in [-0.25, -0.2) is 0 Å². The molecule has 0 radical (unpaired) electrons. The van der Waals surface area contributed by atoms with Gasteiger partial charge in [0, 0.05) is 11.7 Å². The van der Waals surface area contributed by atoms with Crippen LogP contribution < -0.4 is 4.74 Å². The monoisotopic (exact) mass is 325 g/mol. The van der Waals surface area contributed by atoms with Crippen molar-refractivity contribution in [3.8, 4) is 5.75 Å². The van der Waals surface area contributed by atoms with Crippen molar-refractivity contribution in [2.24, 2.45) is 5.92 Å². The first kappa shape index (κ1) is 17.0. The van der Waals surface area contributed by atoms with Gasteiger partial charge in [0.2, 0.25) is 0 Å². The maximum atomic E-state index is 12.1. The topological polar surface area (TPSA) is 90.6 Å². The highest BCUT2D eigenvalue weighted by Gasteiger charge is 2.35. The van der Waals surface area contributed by atoms with Gasteiger partial charge in [0.1, 0.15) is 5.75 Å². The molecular weight excluding hydrogens is 302 g/mol. The number of carbonyl (C=O) groups is 1. The maximum Gasteiger partial charge on any atom is 0.182 e. The number of hydrogen-bond acceptors (Lipinski definition) is 5. The van der Waals surface area contributed by atoms with Crippen LogP contribution in [-0.2, 0) is 17.6 Å². The van der Waals surface area contributed by atoms with Gasteiger partial charge in [-0.2, -0.15) is 10.6 Å². The van der Waals surface area contributed by atoms with E-state index in [1.165, 1.54) is 0 Å². The number of aryl methyl sites for hydroxylation is 1. The van der Waals surface area contributed by atoms with E-state index >= 15 is 0 Å². The third-order valence-electron chi connectivity index (χ3n) is 3.86. The van der Waals surface area contributed by atoms with Gasteiger partial charge in [0.05, 0.1) is 18.6 Å². The van der Waals surface area contributed by atoms with Crippen molar-refractivity contribution in [1.82, 2.24) is 0 Å². The number of ketones is 1. The van der Waals surface area contributed by atoms with E-state index in [0.29, 0.717) is 6.42 Å². The van der Waals surface area contributed by atoms with Crippen molar-refractivity contribution < 1.29 is 18.6 Å². The summed E-state index contributed by atoms with van der Waals surface area (Å²) in [6.45, 7) is 2.09. The number of hydrogen-bond donors (Lipinski definition) is 3. The lowest BCUT2D eigenvalue weighted by Crippen LogP contribution is -2.39. The molecular formula is C16H23NO4S. The summed E-state index contributed by atoms with van der Waals surface area (Å²) >= 11 is 0. The molecule has 1 aliphatic rings. The predicted molar refractivity (Wildman–Crippen MR) is 89.5 cm³/mol. The molecule has 0 unspecified atom stereocenters. The summed E-state index contributed by atoms with van der Waals surface area (Å²) < 4.78 is 25.1. The molecule has 122 valence electrons. The second kappa shape index (κ2) is 6.81. The average Bonchev–Trinajstić information content (AvgIpc) is 2.44. The van der Waals surface area contributed by atoms with Crippen molar-refractivity contribution in [2.75, 3.05) is 18.6 Å². The van der Waals surface area contributed by atoms with Crippen LogP contribution in [0.3, 0.4) is 0 Å². The van der Waals surface area contributed by atoms with E-state index in [2.05, 4.69) is 6.92 Å². The Hall–Kier alpha value is -1.37. The zero-order valence-electron chi connectivity index (χ0n) is 13.0. The van der Waals surface area contributed by atoms with E-state index in [9.17, 15) is 13.9 Å². The molecule has 0 aromatic heterocycles. The van der Waals surface area contributed by atoms with E-state index in [0.717, 1.165) is 29.7 Å².